The first-order chi connectivity index (χ1) is 10.3. The predicted molar refractivity (Wildman–Crippen MR) is 87.7 cm³/mol. The summed E-state index contributed by atoms with van der Waals surface area (Å²) in [6.45, 7) is 2.04. The molecule has 1 unspecified atom stereocenters. The van der Waals surface area contributed by atoms with Crippen LogP contribution in [0, 0.1) is 11.8 Å². The molecule has 0 saturated heterocycles. The molecule has 0 radical (unpaired) electrons. The smallest absolute Gasteiger partial charge is 0.115 e. The Morgan fingerprint density at radius 3 is 2.38 bits per heavy atom. The van der Waals surface area contributed by atoms with Crippen LogP contribution in [0.25, 0.3) is 0 Å². The van der Waals surface area contributed by atoms with Gasteiger partial charge in [-0.3, -0.25) is 0 Å². The Hall–Kier alpha value is -1.24. The molecule has 0 heterocycles. The maximum atomic E-state index is 9.01. The minimum absolute atomic E-state index is 0.0861. The molecule has 3 nitrogen and oxygen atoms in total. The highest BCUT2D eigenvalue weighted by molar-refractivity contribution is 5.22. The third-order valence-corrected chi connectivity index (χ3v) is 3.01. The summed E-state index contributed by atoms with van der Waals surface area (Å²) in [5.74, 6) is 5.71. The van der Waals surface area contributed by atoms with E-state index in [1.165, 1.54) is 51.2 Å². The highest BCUT2D eigenvalue weighted by Gasteiger charge is 1.98. The van der Waals surface area contributed by atoms with Crippen LogP contribution >= 0.6 is 0 Å². The molecule has 0 rings (SSSR count). The lowest BCUT2D eigenvalue weighted by atomic mass is 10.1. The van der Waals surface area contributed by atoms with Gasteiger partial charge in [0.1, 0.15) is 12.7 Å². The fourth-order valence-corrected chi connectivity index (χ4v) is 1.76. The van der Waals surface area contributed by atoms with Crippen molar-refractivity contribution in [1.29, 1.82) is 0 Å². The number of ether oxygens (including phenoxy) is 1. The second kappa shape index (κ2) is 16.8. The van der Waals surface area contributed by atoms with Crippen LogP contribution in [0.15, 0.2) is 24.5 Å². The topological polar surface area (TPSA) is 49.7 Å². The maximum absolute atomic E-state index is 9.01. The molecule has 3 heteroatoms. The Labute approximate surface area is 129 Å². The number of aliphatic hydroxyl groups is 2. The molecule has 0 saturated carbocycles. The van der Waals surface area contributed by atoms with Crippen LogP contribution in [0.1, 0.15) is 58.3 Å². The Morgan fingerprint density at radius 1 is 1.00 bits per heavy atom. The summed E-state index contributed by atoms with van der Waals surface area (Å²) in [6.07, 6.45) is 16.5. The van der Waals surface area contributed by atoms with E-state index in [1.54, 1.807) is 6.08 Å². The number of hydrogen-bond acceptors (Lipinski definition) is 3. The fourth-order valence-electron chi connectivity index (χ4n) is 1.76. The van der Waals surface area contributed by atoms with Crippen LogP contribution < -0.4 is 0 Å². The van der Waals surface area contributed by atoms with Gasteiger partial charge in [0.15, 0.2) is 0 Å². The number of hydrogen-bond donors (Lipinski definition) is 2. The number of rotatable bonds is 12. The van der Waals surface area contributed by atoms with Gasteiger partial charge in [-0.2, -0.15) is 0 Å². The molecule has 0 aromatic rings. The summed E-state index contributed by atoms with van der Waals surface area (Å²) < 4.78 is 4.97. The van der Waals surface area contributed by atoms with E-state index in [0.29, 0.717) is 0 Å². The third kappa shape index (κ3) is 16.7. The van der Waals surface area contributed by atoms with Crippen LogP contribution in [0.4, 0.5) is 0 Å². The largest absolute Gasteiger partial charge is 0.498 e. The average molecular weight is 294 g/mol. The van der Waals surface area contributed by atoms with Gasteiger partial charge in [-0.1, -0.05) is 63.4 Å². The Bertz CT molecular complexity index is 323. The summed E-state index contributed by atoms with van der Waals surface area (Å²) in [4.78, 5) is 0. The Morgan fingerprint density at radius 2 is 1.67 bits per heavy atom. The molecule has 0 fully saturated rings. The van der Waals surface area contributed by atoms with Gasteiger partial charge >= 0.3 is 0 Å². The molecule has 0 spiro atoms. The van der Waals surface area contributed by atoms with Crippen molar-refractivity contribution in [1.82, 2.24) is 0 Å². The molecule has 21 heavy (non-hydrogen) atoms. The van der Waals surface area contributed by atoms with Crippen LogP contribution in [-0.4, -0.2) is 29.5 Å². The minimum Gasteiger partial charge on any atom is -0.498 e. The summed E-state index contributed by atoms with van der Waals surface area (Å²) >= 11 is 0. The molecule has 0 bridgehead atoms. The van der Waals surface area contributed by atoms with Crippen molar-refractivity contribution in [2.45, 2.75) is 64.4 Å². The Balaban J connectivity index is 3.39. The van der Waals surface area contributed by atoms with E-state index in [4.69, 9.17) is 14.9 Å². The van der Waals surface area contributed by atoms with E-state index < -0.39 is 6.10 Å². The zero-order valence-electron chi connectivity index (χ0n) is 13.3. The monoisotopic (exact) mass is 294 g/mol. The van der Waals surface area contributed by atoms with Gasteiger partial charge in [-0.25, -0.2) is 0 Å². The van der Waals surface area contributed by atoms with Crippen molar-refractivity contribution in [2.75, 3.05) is 13.2 Å². The zero-order chi connectivity index (χ0) is 15.6. The third-order valence-electron chi connectivity index (χ3n) is 3.01. The molecule has 0 aromatic carbocycles. The van der Waals surface area contributed by atoms with Crippen molar-refractivity contribution in [3.8, 4) is 11.8 Å². The van der Waals surface area contributed by atoms with Gasteiger partial charge in [0.25, 0.3) is 0 Å². The van der Waals surface area contributed by atoms with Gasteiger partial charge in [-0.05, 0) is 18.9 Å². The van der Waals surface area contributed by atoms with E-state index in [2.05, 4.69) is 24.8 Å². The molecule has 2 N–H and O–H groups in total. The lowest BCUT2D eigenvalue weighted by Gasteiger charge is -2.04. The average Bonchev–Trinajstić information content (AvgIpc) is 2.50. The van der Waals surface area contributed by atoms with E-state index in [1.807, 2.05) is 6.08 Å². The van der Waals surface area contributed by atoms with Gasteiger partial charge in [0.2, 0.25) is 0 Å². The minimum atomic E-state index is -0.829. The van der Waals surface area contributed by atoms with Crippen LogP contribution in [0.5, 0.6) is 0 Å². The van der Waals surface area contributed by atoms with E-state index in [0.717, 1.165) is 6.42 Å². The normalized spacial score (nSPS) is 12.5. The molecule has 0 aliphatic heterocycles. The lowest BCUT2D eigenvalue weighted by Crippen LogP contribution is -2.17. The van der Waals surface area contributed by atoms with Gasteiger partial charge in [0.05, 0.1) is 12.9 Å². The van der Waals surface area contributed by atoms with Crippen LogP contribution in [-0.2, 0) is 4.74 Å². The Kier molecular flexibility index (Phi) is 15.8. The predicted octanol–water partition coefficient (Wildman–Crippen LogP) is 3.57. The van der Waals surface area contributed by atoms with E-state index in [-0.39, 0.29) is 13.2 Å². The first kappa shape index (κ1) is 19.8. The molecule has 0 aliphatic rings. The number of unbranched alkanes of at least 4 members (excludes halogenated alkanes) is 7. The van der Waals surface area contributed by atoms with Crippen molar-refractivity contribution in [3.05, 3.63) is 24.5 Å². The lowest BCUT2D eigenvalue weighted by molar-refractivity contribution is 0.0385. The van der Waals surface area contributed by atoms with Gasteiger partial charge in [0, 0.05) is 6.08 Å². The number of aliphatic hydroxyl groups excluding tert-OH is 2. The summed E-state index contributed by atoms with van der Waals surface area (Å²) in [6, 6.07) is 0. The van der Waals surface area contributed by atoms with Crippen molar-refractivity contribution < 1.29 is 14.9 Å². The summed E-state index contributed by atoms with van der Waals surface area (Å²) in [5.41, 5.74) is 0. The van der Waals surface area contributed by atoms with Crippen LogP contribution in [0.2, 0.25) is 0 Å². The van der Waals surface area contributed by atoms with Crippen molar-refractivity contribution in [3.63, 3.8) is 0 Å². The highest BCUT2D eigenvalue weighted by Crippen LogP contribution is 2.08. The number of allylic oxidation sites excluding steroid dienone is 3. The summed E-state index contributed by atoms with van der Waals surface area (Å²) in [7, 11) is 0. The van der Waals surface area contributed by atoms with Gasteiger partial charge < -0.3 is 14.9 Å². The van der Waals surface area contributed by atoms with Gasteiger partial charge in [-0.15, -0.1) is 0 Å². The van der Waals surface area contributed by atoms with Crippen LogP contribution in [0.3, 0.4) is 0 Å². The molecule has 0 aromatic heterocycles. The molecule has 0 amide bonds. The maximum Gasteiger partial charge on any atom is 0.115 e. The zero-order valence-corrected chi connectivity index (χ0v) is 13.3. The molecule has 0 aliphatic carbocycles. The quantitative estimate of drug-likeness (QED) is 0.329. The van der Waals surface area contributed by atoms with E-state index in [9.17, 15) is 0 Å². The first-order valence-electron chi connectivity index (χ1n) is 8.02. The van der Waals surface area contributed by atoms with Crippen molar-refractivity contribution >= 4 is 0 Å². The molecule has 1 atom stereocenters. The molecular weight excluding hydrogens is 264 g/mol. The summed E-state index contributed by atoms with van der Waals surface area (Å²) in [5, 5.41) is 17.6. The van der Waals surface area contributed by atoms with Crippen molar-refractivity contribution in [2.24, 2.45) is 0 Å². The van der Waals surface area contributed by atoms with E-state index >= 15 is 0 Å². The second-order valence-corrected chi connectivity index (χ2v) is 5.07. The molecule has 120 valence electrons. The SMILES string of the molecule is CCCCCCCCC/C=C\C#C/C=C\OCC(O)CO. The first-order valence-corrected chi connectivity index (χ1v) is 8.02. The molecular formula is C18H30O3. The highest BCUT2D eigenvalue weighted by atomic mass is 16.5. The fraction of sp³-hybridized carbons (Fsp3) is 0.667. The second-order valence-electron chi connectivity index (χ2n) is 5.07. The standard InChI is InChI=1S/C18H30O3/c1-2-3-4-5-6-7-8-9-10-11-12-13-14-15-21-17-18(20)16-19/h10-11,14-15,18-20H,2-9,16-17H2,1H3/b11-10-,15-14-.